The smallest absolute Gasteiger partial charge is 0.191 e. The van der Waals surface area contributed by atoms with Gasteiger partial charge in [-0.3, -0.25) is 4.99 Å². The van der Waals surface area contributed by atoms with Crippen LogP contribution < -0.4 is 10.6 Å². The average Bonchev–Trinajstić information content (AvgIpc) is 3.02. The predicted molar refractivity (Wildman–Crippen MR) is 95.4 cm³/mol. The van der Waals surface area contributed by atoms with Gasteiger partial charge in [-0.05, 0) is 64.5 Å². The number of nitrogens with zero attached hydrogens (tertiary/aromatic N) is 2. The summed E-state index contributed by atoms with van der Waals surface area (Å²) in [4.78, 5) is 7.32. The molecule has 4 nitrogen and oxygen atoms in total. The maximum absolute atomic E-state index is 4.80. The van der Waals surface area contributed by atoms with Gasteiger partial charge in [0.05, 0.1) is 0 Å². The van der Waals surface area contributed by atoms with Crippen molar-refractivity contribution in [2.75, 3.05) is 39.3 Å². The van der Waals surface area contributed by atoms with E-state index in [2.05, 4.69) is 35.5 Å². The molecule has 1 heterocycles. The van der Waals surface area contributed by atoms with Crippen LogP contribution >= 0.6 is 0 Å². The molecule has 0 amide bonds. The van der Waals surface area contributed by atoms with E-state index in [9.17, 15) is 0 Å². The zero-order valence-corrected chi connectivity index (χ0v) is 14.5. The van der Waals surface area contributed by atoms with Crippen LogP contribution in [0.3, 0.4) is 0 Å². The average molecular weight is 306 g/mol. The minimum absolute atomic E-state index is 0.733. The summed E-state index contributed by atoms with van der Waals surface area (Å²) in [6.45, 7) is 10.9. The minimum Gasteiger partial charge on any atom is -0.357 e. The Morgan fingerprint density at radius 2 is 2.23 bits per heavy atom. The molecule has 4 heteroatoms. The number of nitrogens with one attached hydrogen (secondary N) is 2. The fourth-order valence-corrected chi connectivity index (χ4v) is 3.38. The lowest BCUT2D eigenvalue weighted by Gasteiger charge is -2.16. The highest BCUT2D eigenvalue weighted by Crippen LogP contribution is 2.19. The number of hydrogen-bond donors (Lipinski definition) is 2. The molecule has 0 aromatic rings. The molecule has 1 aliphatic carbocycles. The molecule has 0 aromatic carbocycles. The summed E-state index contributed by atoms with van der Waals surface area (Å²) in [6.07, 6.45) is 10.2. The molecule has 0 saturated carbocycles. The Morgan fingerprint density at radius 1 is 1.32 bits per heavy atom. The molecule has 0 radical (unpaired) electrons. The van der Waals surface area contributed by atoms with E-state index in [0.717, 1.165) is 37.9 Å². The number of guanidine groups is 1. The fourth-order valence-electron chi connectivity index (χ4n) is 3.38. The van der Waals surface area contributed by atoms with Crippen LogP contribution in [0.4, 0.5) is 0 Å². The van der Waals surface area contributed by atoms with Gasteiger partial charge in [-0.2, -0.15) is 0 Å². The number of allylic oxidation sites excluding steroid dienone is 1. The molecular weight excluding hydrogens is 272 g/mol. The first-order valence-corrected chi connectivity index (χ1v) is 9.24. The normalized spacial score (nSPS) is 23.5. The Labute approximate surface area is 136 Å². The van der Waals surface area contributed by atoms with E-state index in [1.54, 1.807) is 5.57 Å². The second-order valence-corrected chi connectivity index (χ2v) is 6.55. The van der Waals surface area contributed by atoms with Gasteiger partial charge in [0.2, 0.25) is 0 Å². The third kappa shape index (κ3) is 5.99. The van der Waals surface area contributed by atoms with Crippen molar-refractivity contribution in [1.29, 1.82) is 0 Å². The largest absolute Gasteiger partial charge is 0.357 e. The lowest BCUT2D eigenvalue weighted by molar-refractivity contribution is 0.343. The Kier molecular flexibility index (Phi) is 7.78. The molecule has 1 atom stereocenters. The summed E-state index contributed by atoms with van der Waals surface area (Å²) in [5.41, 5.74) is 1.63. The number of rotatable bonds is 7. The van der Waals surface area contributed by atoms with Crippen molar-refractivity contribution < 1.29 is 0 Å². The standard InChI is InChI=1S/C18H34N4/c1-3-19-18(20-12-10-16-8-6-5-7-9-16)21-14-17-11-13-22(4-2)15-17/h8,17H,3-7,9-15H2,1-2H3,(H2,19,20,21). The van der Waals surface area contributed by atoms with Crippen molar-refractivity contribution in [1.82, 2.24) is 15.5 Å². The van der Waals surface area contributed by atoms with Crippen LogP contribution in [0.25, 0.3) is 0 Å². The van der Waals surface area contributed by atoms with Crippen molar-refractivity contribution >= 4 is 5.96 Å². The van der Waals surface area contributed by atoms with Gasteiger partial charge in [0.25, 0.3) is 0 Å². The van der Waals surface area contributed by atoms with Crippen LogP contribution in [0.5, 0.6) is 0 Å². The highest BCUT2D eigenvalue weighted by molar-refractivity contribution is 5.79. The Balaban J connectivity index is 1.71. The predicted octanol–water partition coefficient (Wildman–Crippen LogP) is 2.77. The van der Waals surface area contributed by atoms with Gasteiger partial charge in [-0.15, -0.1) is 0 Å². The fraction of sp³-hybridized carbons (Fsp3) is 0.833. The molecule has 1 unspecified atom stereocenters. The first kappa shape index (κ1) is 17.3. The molecule has 126 valence electrons. The van der Waals surface area contributed by atoms with E-state index in [4.69, 9.17) is 4.99 Å². The van der Waals surface area contributed by atoms with Crippen LogP contribution in [0.2, 0.25) is 0 Å². The van der Waals surface area contributed by atoms with E-state index < -0.39 is 0 Å². The van der Waals surface area contributed by atoms with Gasteiger partial charge in [0, 0.05) is 26.2 Å². The van der Waals surface area contributed by atoms with Crippen LogP contribution in [-0.4, -0.2) is 50.1 Å². The SMILES string of the molecule is CCNC(=NCC1CCN(CC)C1)NCCC1=CCCCC1. The van der Waals surface area contributed by atoms with Gasteiger partial charge < -0.3 is 15.5 Å². The highest BCUT2D eigenvalue weighted by Gasteiger charge is 2.20. The summed E-state index contributed by atoms with van der Waals surface area (Å²) in [6, 6.07) is 0. The van der Waals surface area contributed by atoms with Crippen LogP contribution in [0, 0.1) is 5.92 Å². The Bertz CT molecular complexity index is 375. The maximum Gasteiger partial charge on any atom is 0.191 e. The minimum atomic E-state index is 0.733. The van der Waals surface area contributed by atoms with Crippen molar-refractivity contribution in [2.45, 2.75) is 52.4 Å². The molecule has 0 bridgehead atoms. The molecule has 0 aromatic heterocycles. The third-order valence-electron chi connectivity index (χ3n) is 4.79. The highest BCUT2D eigenvalue weighted by atomic mass is 15.2. The van der Waals surface area contributed by atoms with Crippen LogP contribution in [0.15, 0.2) is 16.6 Å². The molecule has 22 heavy (non-hydrogen) atoms. The Hall–Kier alpha value is -1.03. The molecule has 1 fully saturated rings. The van der Waals surface area contributed by atoms with E-state index in [0.29, 0.717) is 0 Å². The van der Waals surface area contributed by atoms with E-state index >= 15 is 0 Å². The van der Waals surface area contributed by atoms with Crippen molar-refractivity contribution in [2.24, 2.45) is 10.9 Å². The Morgan fingerprint density at radius 3 is 2.91 bits per heavy atom. The van der Waals surface area contributed by atoms with Crippen molar-refractivity contribution in [3.05, 3.63) is 11.6 Å². The van der Waals surface area contributed by atoms with Gasteiger partial charge in [0.1, 0.15) is 0 Å². The lowest BCUT2D eigenvalue weighted by atomic mass is 9.97. The van der Waals surface area contributed by atoms with Crippen LogP contribution in [-0.2, 0) is 0 Å². The third-order valence-corrected chi connectivity index (χ3v) is 4.79. The number of likely N-dealkylation sites (tertiary alicyclic amines) is 1. The summed E-state index contributed by atoms with van der Waals surface area (Å²) < 4.78 is 0. The van der Waals surface area contributed by atoms with Crippen molar-refractivity contribution in [3.63, 3.8) is 0 Å². The van der Waals surface area contributed by atoms with Crippen LogP contribution in [0.1, 0.15) is 52.4 Å². The van der Waals surface area contributed by atoms with Crippen molar-refractivity contribution in [3.8, 4) is 0 Å². The number of aliphatic imine (C=N–C) groups is 1. The molecular formula is C18H34N4. The summed E-state index contributed by atoms with van der Waals surface area (Å²) in [7, 11) is 0. The van der Waals surface area contributed by atoms with Gasteiger partial charge in [-0.1, -0.05) is 18.6 Å². The summed E-state index contributed by atoms with van der Waals surface area (Å²) in [5.74, 6) is 1.73. The van der Waals surface area contributed by atoms with Gasteiger partial charge in [0.15, 0.2) is 5.96 Å². The zero-order chi connectivity index (χ0) is 15.6. The summed E-state index contributed by atoms with van der Waals surface area (Å²) in [5, 5.41) is 6.88. The topological polar surface area (TPSA) is 39.7 Å². The second-order valence-electron chi connectivity index (χ2n) is 6.55. The second kappa shape index (κ2) is 9.88. The monoisotopic (exact) mass is 306 g/mol. The molecule has 0 spiro atoms. The zero-order valence-electron chi connectivity index (χ0n) is 14.5. The number of hydrogen-bond acceptors (Lipinski definition) is 2. The van der Waals surface area contributed by atoms with E-state index in [1.807, 2.05) is 0 Å². The van der Waals surface area contributed by atoms with E-state index in [-0.39, 0.29) is 0 Å². The maximum atomic E-state index is 4.80. The molecule has 1 saturated heterocycles. The first-order chi connectivity index (χ1) is 10.8. The van der Waals surface area contributed by atoms with Gasteiger partial charge in [-0.25, -0.2) is 0 Å². The summed E-state index contributed by atoms with van der Waals surface area (Å²) >= 11 is 0. The quantitative estimate of drug-likeness (QED) is 0.432. The van der Waals surface area contributed by atoms with Gasteiger partial charge >= 0.3 is 0 Å². The first-order valence-electron chi connectivity index (χ1n) is 9.24. The van der Waals surface area contributed by atoms with E-state index in [1.165, 1.54) is 51.7 Å². The lowest BCUT2D eigenvalue weighted by Crippen LogP contribution is -2.38. The molecule has 1 aliphatic heterocycles. The molecule has 2 rings (SSSR count). The molecule has 2 aliphatic rings. The molecule has 2 N–H and O–H groups in total.